The van der Waals surface area contributed by atoms with E-state index in [2.05, 4.69) is 4.72 Å². The minimum Gasteiger partial charge on any atom is -0.452 e. The number of hydrogen-bond donors (Lipinski definition) is 1. The highest BCUT2D eigenvalue weighted by atomic mass is 32.2. The van der Waals surface area contributed by atoms with Gasteiger partial charge in [0, 0.05) is 13.6 Å². The molecule has 2 aromatic carbocycles. The molecular formula is C20H24N2O5S. The lowest BCUT2D eigenvalue weighted by molar-refractivity contribution is -0.135. The summed E-state index contributed by atoms with van der Waals surface area (Å²) < 4.78 is 31.5. The van der Waals surface area contributed by atoms with Crippen LogP contribution in [0, 0.1) is 0 Å². The summed E-state index contributed by atoms with van der Waals surface area (Å²) in [6.45, 7) is 3.34. The van der Waals surface area contributed by atoms with Gasteiger partial charge in [-0.05, 0) is 30.7 Å². The fraction of sp³-hybridized carbons (Fsp3) is 0.300. The monoisotopic (exact) mass is 404 g/mol. The van der Waals surface area contributed by atoms with E-state index in [4.69, 9.17) is 4.74 Å². The number of nitrogens with zero attached hydrogens (tertiary/aromatic N) is 1. The van der Waals surface area contributed by atoms with E-state index < -0.39 is 22.6 Å². The fourth-order valence-corrected chi connectivity index (χ4v) is 3.63. The number of carbonyl (C=O) groups excluding carboxylic acids is 2. The third-order valence-corrected chi connectivity index (χ3v) is 5.84. The molecule has 0 aliphatic heterocycles. The molecule has 0 aliphatic carbocycles. The predicted octanol–water partition coefficient (Wildman–Crippen LogP) is 2.36. The molecule has 0 bridgehead atoms. The molecule has 0 aliphatic rings. The van der Waals surface area contributed by atoms with Crippen molar-refractivity contribution < 1.29 is 22.7 Å². The van der Waals surface area contributed by atoms with E-state index in [9.17, 15) is 18.0 Å². The number of esters is 1. The van der Waals surface area contributed by atoms with E-state index in [-0.39, 0.29) is 29.0 Å². The average Bonchev–Trinajstić information content (AvgIpc) is 2.71. The molecule has 8 heteroatoms. The lowest BCUT2D eigenvalue weighted by Gasteiger charge is -2.25. The second kappa shape index (κ2) is 9.48. The smallest absolute Gasteiger partial charge is 0.338 e. The van der Waals surface area contributed by atoms with Gasteiger partial charge >= 0.3 is 5.97 Å². The Balaban J connectivity index is 2.01. The SMILES string of the molecule is CCNS(=O)(=O)c1cccc(C(=O)OCC(=O)N(C)C(C)c2ccccc2)c1. The molecule has 0 fully saturated rings. The van der Waals surface area contributed by atoms with Crippen LogP contribution in [0.15, 0.2) is 59.5 Å². The van der Waals surface area contributed by atoms with Gasteiger partial charge in [-0.2, -0.15) is 0 Å². The van der Waals surface area contributed by atoms with Crippen molar-refractivity contribution in [1.29, 1.82) is 0 Å². The quantitative estimate of drug-likeness (QED) is 0.682. The van der Waals surface area contributed by atoms with Crippen molar-refractivity contribution in [2.24, 2.45) is 0 Å². The standard InChI is InChI=1S/C20H24N2O5S/c1-4-21-28(25,26)18-12-8-11-17(13-18)20(24)27-14-19(23)22(3)15(2)16-9-6-5-7-10-16/h5-13,15,21H,4,14H2,1-3H3. The summed E-state index contributed by atoms with van der Waals surface area (Å²) in [5.41, 5.74) is 1.02. The maximum atomic E-state index is 12.3. The fourth-order valence-electron chi connectivity index (χ4n) is 2.55. The van der Waals surface area contributed by atoms with Crippen molar-refractivity contribution in [3.8, 4) is 0 Å². The molecule has 28 heavy (non-hydrogen) atoms. The van der Waals surface area contributed by atoms with Crippen molar-refractivity contribution in [1.82, 2.24) is 9.62 Å². The maximum Gasteiger partial charge on any atom is 0.338 e. The Kier molecular flexibility index (Phi) is 7.31. The van der Waals surface area contributed by atoms with Crippen LogP contribution < -0.4 is 4.72 Å². The van der Waals surface area contributed by atoms with E-state index in [0.29, 0.717) is 0 Å². The molecule has 0 spiro atoms. The van der Waals surface area contributed by atoms with E-state index in [1.54, 1.807) is 14.0 Å². The molecule has 0 radical (unpaired) electrons. The van der Waals surface area contributed by atoms with Crippen LogP contribution in [0.25, 0.3) is 0 Å². The lowest BCUT2D eigenvalue weighted by atomic mass is 10.1. The van der Waals surface area contributed by atoms with Crippen molar-refractivity contribution in [3.05, 3.63) is 65.7 Å². The minimum absolute atomic E-state index is 0.0371. The summed E-state index contributed by atoms with van der Waals surface area (Å²) in [7, 11) is -2.05. The molecule has 1 atom stereocenters. The average molecular weight is 404 g/mol. The molecule has 0 aromatic heterocycles. The third-order valence-electron chi connectivity index (χ3n) is 4.30. The zero-order chi connectivity index (χ0) is 20.7. The number of hydrogen-bond acceptors (Lipinski definition) is 5. The predicted molar refractivity (Wildman–Crippen MR) is 105 cm³/mol. The highest BCUT2D eigenvalue weighted by Crippen LogP contribution is 2.18. The molecule has 1 N–H and O–H groups in total. The molecule has 0 saturated carbocycles. The molecule has 2 aromatic rings. The lowest BCUT2D eigenvalue weighted by Crippen LogP contribution is -2.33. The number of ether oxygens (including phenoxy) is 1. The molecular weight excluding hydrogens is 380 g/mol. The number of sulfonamides is 1. The minimum atomic E-state index is -3.69. The Morgan fingerprint density at radius 3 is 2.43 bits per heavy atom. The summed E-state index contributed by atoms with van der Waals surface area (Å²) in [5.74, 6) is -1.12. The van der Waals surface area contributed by atoms with Gasteiger partial charge in [0.1, 0.15) is 0 Å². The maximum absolute atomic E-state index is 12.3. The van der Waals surface area contributed by atoms with Gasteiger partial charge in [-0.15, -0.1) is 0 Å². The second-order valence-electron chi connectivity index (χ2n) is 6.20. The van der Waals surface area contributed by atoms with Crippen LogP contribution >= 0.6 is 0 Å². The first-order chi connectivity index (χ1) is 13.3. The molecule has 150 valence electrons. The van der Waals surface area contributed by atoms with Gasteiger partial charge in [0.15, 0.2) is 6.61 Å². The van der Waals surface area contributed by atoms with E-state index >= 15 is 0 Å². The van der Waals surface area contributed by atoms with Gasteiger partial charge in [-0.1, -0.05) is 43.3 Å². The van der Waals surface area contributed by atoms with Crippen LogP contribution in [0.2, 0.25) is 0 Å². The van der Waals surface area contributed by atoms with E-state index in [1.807, 2.05) is 37.3 Å². The molecule has 0 heterocycles. The van der Waals surface area contributed by atoms with Crippen LogP contribution in [-0.2, 0) is 19.6 Å². The second-order valence-corrected chi connectivity index (χ2v) is 7.96. The van der Waals surface area contributed by atoms with Crippen LogP contribution in [0.5, 0.6) is 0 Å². The first-order valence-electron chi connectivity index (χ1n) is 8.83. The number of carbonyl (C=O) groups is 2. The van der Waals surface area contributed by atoms with Gasteiger partial charge in [0.25, 0.3) is 5.91 Å². The van der Waals surface area contributed by atoms with Gasteiger partial charge in [-0.25, -0.2) is 17.9 Å². The molecule has 7 nitrogen and oxygen atoms in total. The molecule has 2 rings (SSSR count). The summed E-state index contributed by atoms with van der Waals surface area (Å²) >= 11 is 0. The van der Waals surface area contributed by atoms with Crippen molar-refractivity contribution in [3.63, 3.8) is 0 Å². The van der Waals surface area contributed by atoms with Crippen molar-refractivity contribution in [2.45, 2.75) is 24.8 Å². The van der Waals surface area contributed by atoms with Crippen LogP contribution in [0.1, 0.15) is 35.8 Å². The van der Waals surface area contributed by atoms with Gasteiger partial charge < -0.3 is 9.64 Å². The molecule has 1 amide bonds. The highest BCUT2D eigenvalue weighted by Gasteiger charge is 2.20. The Morgan fingerprint density at radius 1 is 1.11 bits per heavy atom. The van der Waals surface area contributed by atoms with Gasteiger partial charge in [-0.3, -0.25) is 4.79 Å². The van der Waals surface area contributed by atoms with Crippen LogP contribution in [-0.4, -0.2) is 45.4 Å². The number of nitrogens with one attached hydrogen (secondary N) is 1. The zero-order valence-electron chi connectivity index (χ0n) is 16.1. The Morgan fingerprint density at radius 2 is 1.79 bits per heavy atom. The first-order valence-corrected chi connectivity index (χ1v) is 10.3. The number of likely N-dealkylation sites (N-methyl/N-ethyl adjacent to an activating group) is 1. The third kappa shape index (κ3) is 5.40. The summed E-state index contributed by atoms with van der Waals surface area (Å²) in [4.78, 5) is 26.0. The normalized spacial score (nSPS) is 12.2. The topological polar surface area (TPSA) is 92.8 Å². The zero-order valence-corrected chi connectivity index (χ0v) is 16.9. The number of rotatable bonds is 8. The summed E-state index contributed by atoms with van der Waals surface area (Å²) in [5, 5.41) is 0. The van der Waals surface area contributed by atoms with E-state index in [1.165, 1.54) is 29.2 Å². The first kappa shape index (κ1) is 21.6. The Bertz CT molecular complexity index is 929. The number of amides is 1. The van der Waals surface area contributed by atoms with E-state index in [0.717, 1.165) is 5.56 Å². The van der Waals surface area contributed by atoms with Crippen molar-refractivity contribution >= 4 is 21.9 Å². The van der Waals surface area contributed by atoms with Gasteiger partial charge in [0.2, 0.25) is 10.0 Å². The van der Waals surface area contributed by atoms with Crippen LogP contribution in [0.3, 0.4) is 0 Å². The summed E-state index contributed by atoms with van der Waals surface area (Å²) in [6, 6.07) is 14.8. The number of benzene rings is 2. The molecule has 0 saturated heterocycles. The molecule has 1 unspecified atom stereocenters. The Labute approximate surface area is 165 Å². The van der Waals surface area contributed by atoms with Crippen LogP contribution in [0.4, 0.5) is 0 Å². The highest BCUT2D eigenvalue weighted by molar-refractivity contribution is 7.89. The summed E-state index contributed by atoms with van der Waals surface area (Å²) in [6.07, 6.45) is 0. The Hall–Kier alpha value is -2.71. The van der Waals surface area contributed by atoms with Gasteiger partial charge in [0.05, 0.1) is 16.5 Å². The van der Waals surface area contributed by atoms with Crippen molar-refractivity contribution in [2.75, 3.05) is 20.2 Å². The largest absolute Gasteiger partial charge is 0.452 e.